The minimum Gasteiger partial charge on any atom is -0.267 e. The van der Waals surface area contributed by atoms with Gasteiger partial charge in [0, 0.05) is 9.86 Å². The lowest BCUT2D eigenvalue weighted by Gasteiger charge is -2.35. The van der Waals surface area contributed by atoms with Crippen LogP contribution in [0.4, 0.5) is 8.78 Å². The second kappa shape index (κ2) is 14.1. The van der Waals surface area contributed by atoms with E-state index in [1.807, 2.05) is 6.07 Å². The summed E-state index contributed by atoms with van der Waals surface area (Å²) in [7, 11) is 0. The molecule has 0 aliphatic carbocycles. The van der Waals surface area contributed by atoms with Crippen molar-refractivity contribution in [3.8, 4) is 0 Å². The van der Waals surface area contributed by atoms with E-state index in [9.17, 15) is 18.4 Å². The predicted molar refractivity (Wildman–Crippen MR) is 177 cm³/mol. The fourth-order valence-electron chi connectivity index (χ4n) is 5.50. The molecule has 10 nitrogen and oxygen atoms in total. The van der Waals surface area contributed by atoms with Crippen LogP contribution in [0.5, 0.6) is 0 Å². The highest BCUT2D eigenvalue weighted by Gasteiger charge is 2.38. The second-order valence-corrected chi connectivity index (χ2v) is 11.5. The average Bonchev–Trinajstić information content (AvgIpc) is 3.65. The summed E-state index contributed by atoms with van der Waals surface area (Å²) < 4.78 is 31.4. The first-order chi connectivity index (χ1) is 21.8. The quantitative estimate of drug-likeness (QED) is 0.162. The SMILES string of the molecule is Cl.Cl.O=C1c2cccc3c(Br)ccc(c23)C(=O)N1N(Cc1cn(Cc2cccc(F)c2)nn1)Cc1cn(Cc2cccc(F)c2)nn1. The van der Waals surface area contributed by atoms with Gasteiger partial charge in [-0.15, -0.1) is 35.0 Å². The third kappa shape index (κ3) is 6.93. The fraction of sp³-hybridized carbons (Fsp3) is 0.125. The van der Waals surface area contributed by atoms with Crippen molar-refractivity contribution < 1.29 is 18.4 Å². The highest BCUT2D eigenvalue weighted by Crippen LogP contribution is 2.35. The van der Waals surface area contributed by atoms with Gasteiger partial charge in [-0.3, -0.25) is 9.59 Å². The summed E-state index contributed by atoms with van der Waals surface area (Å²) in [5.74, 6) is -1.69. The number of imide groups is 1. The lowest BCUT2D eigenvalue weighted by atomic mass is 9.95. The smallest absolute Gasteiger partial charge is 0.267 e. The zero-order valence-corrected chi connectivity index (χ0v) is 27.6. The van der Waals surface area contributed by atoms with E-state index >= 15 is 0 Å². The van der Waals surface area contributed by atoms with Crippen LogP contribution < -0.4 is 0 Å². The molecule has 7 rings (SSSR count). The third-order valence-electron chi connectivity index (χ3n) is 7.44. The van der Waals surface area contributed by atoms with Crippen LogP contribution in [-0.4, -0.2) is 51.8 Å². The van der Waals surface area contributed by atoms with Crippen molar-refractivity contribution in [2.75, 3.05) is 0 Å². The molecular weight excluding hydrogens is 717 g/mol. The van der Waals surface area contributed by atoms with E-state index in [2.05, 4.69) is 36.6 Å². The van der Waals surface area contributed by atoms with Gasteiger partial charge in [0.1, 0.15) is 11.6 Å². The molecule has 47 heavy (non-hydrogen) atoms. The van der Waals surface area contributed by atoms with Gasteiger partial charge in [-0.1, -0.05) is 62.8 Å². The number of hydrogen-bond acceptors (Lipinski definition) is 7. The third-order valence-corrected chi connectivity index (χ3v) is 8.14. The highest BCUT2D eigenvalue weighted by atomic mass is 79.9. The van der Waals surface area contributed by atoms with Gasteiger partial charge in [0.2, 0.25) is 0 Å². The number of nitrogens with zero attached hydrogens (tertiary/aromatic N) is 8. The Bertz CT molecular complexity index is 2000. The summed E-state index contributed by atoms with van der Waals surface area (Å²) in [6, 6.07) is 21.2. The predicted octanol–water partition coefficient (Wildman–Crippen LogP) is 6.22. The lowest BCUT2D eigenvalue weighted by molar-refractivity contribution is -0.0130. The van der Waals surface area contributed by atoms with Gasteiger partial charge in [0.25, 0.3) is 11.8 Å². The van der Waals surface area contributed by atoms with Gasteiger partial charge in [0.15, 0.2) is 0 Å². The van der Waals surface area contributed by atoms with Crippen LogP contribution in [0.2, 0.25) is 0 Å². The number of hydrogen-bond donors (Lipinski definition) is 0. The molecule has 0 atom stereocenters. The van der Waals surface area contributed by atoms with Crippen molar-refractivity contribution >= 4 is 63.3 Å². The molecule has 2 aromatic heterocycles. The number of benzene rings is 4. The first kappa shape index (κ1) is 33.8. The van der Waals surface area contributed by atoms with Gasteiger partial charge in [-0.05, 0) is 59.0 Å². The molecule has 0 unspecified atom stereocenters. The Morgan fingerprint density at radius 3 is 1.72 bits per heavy atom. The van der Waals surface area contributed by atoms with Crippen LogP contribution in [0.1, 0.15) is 43.2 Å². The number of carbonyl (C=O) groups is 2. The molecule has 1 aliphatic heterocycles. The molecule has 15 heteroatoms. The van der Waals surface area contributed by atoms with Crippen LogP contribution in [0.15, 0.2) is 95.7 Å². The maximum absolute atomic E-state index is 14.0. The Morgan fingerprint density at radius 2 is 1.19 bits per heavy atom. The molecule has 0 N–H and O–H groups in total. The van der Waals surface area contributed by atoms with E-state index in [1.54, 1.807) is 75.3 Å². The maximum Gasteiger partial charge on any atom is 0.276 e. The molecule has 0 spiro atoms. The summed E-state index contributed by atoms with van der Waals surface area (Å²) in [5.41, 5.74) is 3.12. The Morgan fingerprint density at radius 1 is 0.681 bits per heavy atom. The van der Waals surface area contributed by atoms with Gasteiger partial charge in [0.05, 0.1) is 61.1 Å². The molecule has 3 heterocycles. The maximum atomic E-state index is 14.0. The largest absolute Gasteiger partial charge is 0.276 e. The van der Waals surface area contributed by atoms with Crippen molar-refractivity contribution in [1.82, 2.24) is 40.0 Å². The molecular formula is C32H25BrCl2F2N8O2. The molecule has 6 aromatic rings. The first-order valence-electron chi connectivity index (χ1n) is 13.9. The highest BCUT2D eigenvalue weighted by molar-refractivity contribution is 9.10. The molecule has 4 aromatic carbocycles. The Kier molecular flexibility index (Phi) is 10.1. The summed E-state index contributed by atoms with van der Waals surface area (Å²) in [4.78, 5) is 28.0. The number of hydrazine groups is 1. The minimum absolute atomic E-state index is 0. The number of amides is 2. The number of aromatic nitrogens is 6. The number of halogens is 5. The van der Waals surface area contributed by atoms with Gasteiger partial charge >= 0.3 is 0 Å². The van der Waals surface area contributed by atoms with Crippen molar-refractivity contribution in [1.29, 1.82) is 0 Å². The molecule has 0 saturated carbocycles. The van der Waals surface area contributed by atoms with Crippen LogP contribution >= 0.6 is 40.7 Å². The lowest BCUT2D eigenvalue weighted by Crippen LogP contribution is -2.51. The summed E-state index contributed by atoms with van der Waals surface area (Å²) >= 11 is 3.53. The van der Waals surface area contributed by atoms with Crippen molar-refractivity contribution in [2.24, 2.45) is 0 Å². The Balaban J connectivity index is 0.00000217. The van der Waals surface area contributed by atoms with Crippen molar-refractivity contribution in [3.63, 3.8) is 0 Å². The zero-order chi connectivity index (χ0) is 31.1. The molecule has 0 fully saturated rings. The molecule has 240 valence electrons. The van der Waals surface area contributed by atoms with Crippen LogP contribution in [0, 0.1) is 11.6 Å². The van der Waals surface area contributed by atoms with E-state index in [4.69, 9.17) is 0 Å². The Hall–Kier alpha value is -4.56. The molecule has 0 radical (unpaired) electrons. The summed E-state index contributed by atoms with van der Waals surface area (Å²) in [6.07, 6.45) is 3.37. The van der Waals surface area contributed by atoms with Gasteiger partial charge < -0.3 is 0 Å². The van der Waals surface area contributed by atoms with E-state index < -0.39 is 11.8 Å². The molecule has 1 aliphatic rings. The molecule has 0 saturated heterocycles. The van der Waals surface area contributed by atoms with Gasteiger partial charge in [-0.2, -0.15) is 5.01 Å². The van der Waals surface area contributed by atoms with Crippen molar-refractivity contribution in [2.45, 2.75) is 26.2 Å². The summed E-state index contributed by atoms with van der Waals surface area (Å²) in [5, 5.41) is 20.9. The number of rotatable bonds is 9. The first-order valence-corrected chi connectivity index (χ1v) is 14.7. The Labute approximate surface area is 287 Å². The number of carbonyl (C=O) groups excluding carboxylic acids is 2. The minimum atomic E-state index is -0.490. The van der Waals surface area contributed by atoms with Gasteiger partial charge in [-0.25, -0.2) is 23.2 Å². The van der Waals surface area contributed by atoms with Crippen LogP contribution in [0.3, 0.4) is 0 Å². The van der Waals surface area contributed by atoms with E-state index in [1.165, 1.54) is 24.3 Å². The molecule has 0 bridgehead atoms. The van der Waals surface area contributed by atoms with Crippen LogP contribution in [-0.2, 0) is 26.2 Å². The topological polar surface area (TPSA) is 102 Å². The van der Waals surface area contributed by atoms with Crippen molar-refractivity contribution in [3.05, 3.63) is 141 Å². The monoisotopic (exact) mass is 740 g/mol. The molecule has 2 amide bonds. The zero-order valence-electron chi connectivity index (χ0n) is 24.3. The summed E-state index contributed by atoms with van der Waals surface area (Å²) in [6.45, 7) is 0.619. The second-order valence-electron chi connectivity index (χ2n) is 10.6. The average molecular weight is 742 g/mol. The van der Waals surface area contributed by atoms with E-state index in [0.717, 1.165) is 14.9 Å². The van der Waals surface area contributed by atoms with Crippen LogP contribution in [0.25, 0.3) is 10.8 Å². The standard InChI is InChI=1S/C32H23BrF2N8O2.2ClH/c33-29-11-10-28-30-26(29)8-3-9-27(30)31(44)43(32(28)45)42(18-24-16-40(38-36-24)14-20-4-1-6-22(34)12-20)19-25-17-41(39-37-25)15-21-5-2-7-23(35)13-21;;/h1-13,16-17H,14-15,18-19H2;2*1H. The normalized spacial score (nSPS) is 12.4. The van der Waals surface area contributed by atoms with E-state index in [-0.39, 0.29) is 62.6 Å². The van der Waals surface area contributed by atoms with E-state index in [0.29, 0.717) is 39.0 Å². The fourth-order valence-corrected chi connectivity index (χ4v) is 5.96.